The molecule has 1 N–H and O–H groups in total. The number of halogens is 2. The molecule has 3 amide bonds. The number of anilines is 1. The van der Waals surface area contributed by atoms with Crippen LogP contribution in [0.3, 0.4) is 0 Å². The Kier molecular flexibility index (Phi) is 6.30. The summed E-state index contributed by atoms with van der Waals surface area (Å²) >= 11 is 12.0. The Labute approximate surface area is 180 Å². The molecule has 5 nitrogen and oxygen atoms in total. The standard InChI is InChI=1S/C22H22Cl2N2O3/c1-4-5-6-19(20(27)25-18-8-7-12(2)9-13(18)3)26-21(28)14-10-16(23)17(24)11-15(14)22(26)29/h7-11,19H,4-6H2,1-3H3,(H,25,27). The predicted octanol–water partition coefficient (Wildman–Crippen LogP) is 5.40. The average molecular weight is 433 g/mol. The van der Waals surface area contributed by atoms with Crippen LogP contribution in [-0.4, -0.2) is 28.7 Å². The zero-order valence-electron chi connectivity index (χ0n) is 16.5. The van der Waals surface area contributed by atoms with Crippen LogP contribution in [0.5, 0.6) is 0 Å². The van der Waals surface area contributed by atoms with Crippen molar-refractivity contribution < 1.29 is 14.4 Å². The van der Waals surface area contributed by atoms with E-state index in [1.165, 1.54) is 12.1 Å². The van der Waals surface area contributed by atoms with Crippen molar-refractivity contribution in [2.24, 2.45) is 0 Å². The SMILES string of the molecule is CCCCC(C(=O)Nc1ccc(C)cc1C)N1C(=O)c2cc(Cl)c(Cl)cc2C1=O. The molecule has 1 aliphatic heterocycles. The zero-order valence-corrected chi connectivity index (χ0v) is 18.0. The molecule has 1 aliphatic rings. The lowest BCUT2D eigenvalue weighted by molar-refractivity contribution is -0.120. The van der Waals surface area contributed by atoms with Gasteiger partial charge < -0.3 is 5.32 Å². The van der Waals surface area contributed by atoms with E-state index in [0.717, 1.165) is 22.4 Å². The van der Waals surface area contributed by atoms with Gasteiger partial charge in [0.25, 0.3) is 11.8 Å². The van der Waals surface area contributed by atoms with Gasteiger partial charge in [0.2, 0.25) is 5.91 Å². The topological polar surface area (TPSA) is 66.5 Å². The van der Waals surface area contributed by atoms with Crippen molar-refractivity contribution in [2.45, 2.75) is 46.1 Å². The van der Waals surface area contributed by atoms with Crippen molar-refractivity contribution in [1.29, 1.82) is 0 Å². The van der Waals surface area contributed by atoms with Gasteiger partial charge in [-0.05, 0) is 44.0 Å². The second-order valence-electron chi connectivity index (χ2n) is 7.26. The number of carbonyl (C=O) groups excluding carboxylic acids is 3. The summed E-state index contributed by atoms with van der Waals surface area (Å²) in [6.45, 7) is 5.86. The molecule has 0 aromatic heterocycles. The third kappa shape index (κ3) is 4.16. The number of nitrogens with zero attached hydrogens (tertiary/aromatic N) is 1. The van der Waals surface area contributed by atoms with E-state index in [-0.39, 0.29) is 21.2 Å². The lowest BCUT2D eigenvalue weighted by Gasteiger charge is -2.25. The van der Waals surface area contributed by atoms with Crippen LogP contribution >= 0.6 is 23.2 Å². The molecule has 152 valence electrons. The number of aryl methyl sites for hydroxylation is 2. The van der Waals surface area contributed by atoms with Gasteiger partial charge in [-0.1, -0.05) is 60.7 Å². The first-order chi connectivity index (χ1) is 13.7. The van der Waals surface area contributed by atoms with Gasteiger partial charge in [-0.3, -0.25) is 19.3 Å². The summed E-state index contributed by atoms with van der Waals surface area (Å²) in [5, 5.41) is 3.26. The highest BCUT2D eigenvalue weighted by Gasteiger charge is 2.43. The number of fused-ring (bicyclic) bond motifs is 1. The molecule has 1 heterocycles. The van der Waals surface area contributed by atoms with Gasteiger partial charge in [0, 0.05) is 5.69 Å². The molecule has 0 bridgehead atoms. The van der Waals surface area contributed by atoms with Crippen LogP contribution in [0.15, 0.2) is 30.3 Å². The van der Waals surface area contributed by atoms with Gasteiger partial charge in [0.05, 0.1) is 21.2 Å². The van der Waals surface area contributed by atoms with Crippen molar-refractivity contribution in [2.75, 3.05) is 5.32 Å². The minimum absolute atomic E-state index is 0.171. The Hall–Kier alpha value is -2.37. The zero-order chi connectivity index (χ0) is 21.3. The number of carbonyl (C=O) groups is 3. The second-order valence-corrected chi connectivity index (χ2v) is 8.07. The van der Waals surface area contributed by atoms with Crippen molar-refractivity contribution in [3.8, 4) is 0 Å². The van der Waals surface area contributed by atoms with Crippen LogP contribution in [-0.2, 0) is 4.79 Å². The Bertz CT molecular complexity index is 963. The van der Waals surface area contributed by atoms with Crippen LogP contribution in [0.1, 0.15) is 58.0 Å². The Morgan fingerprint density at radius 2 is 1.62 bits per heavy atom. The fraction of sp³-hybridized carbons (Fsp3) is 0.318. The van der Waals surface area contributed by atoms with Gasteiger partial charge in [-0.2, -0.15) is 0 Å². The van der Waals surface area contributed by atoms with Crippen LogP contribution in [0, 0.1) is 13.8 Å². The lowest BCUT2D eigenvalue weighted by atomic mass is 10.1. The van der Waals surface area contributed by atoms with Crippen LogP contribution < -0.4 is 5.32 Å². The first-order valence-corrected chi connectivity index (χ1v) is 10.2. The van der Waals surface area contributed by atoms with Crippen LogP contribution in [0.25, 0.3) is 0 Å². The van der Waals surface area contributed by atoms with E-state index in [1.54, 1.807) is 0 Å². The molecular formula is C22H22Cl2N2O3. The molecule has 1 atom stereocenters. The van der Waals surface area contributed by atoms with Gasteiger partial charge in [-0.25, -0.2) is 0 Å². The Morgan fingerprint density at radius 1 is 1.03 bits per heavy atom. The van der Waals surface area contributed by atoms with E-state index < -0.39 is 23.8 Å². The molecule has 0 aliphatic carbocycles. The summed E-state index contributed by atoms with van der Waals surface area (Å²) in [6, 6.07) is 7.54. The summed E-state index contributed by atoms with van der Waals surface area (Å²) in [6.07, 6.45) is 1.90. The highest BCUT2D eigenvalue weighted by atomic mass is 35.5. The van der Waals surface area contributed by atoms with E-state index in [9.17, 15) is 14.4 Å². The van der Waals surface area contributed by atoms with Crippen LogP contribution in [0.4, 0.5) is 5.69 Å². The number of hydrogen-bond donors (Lipinski definition) is 1. The van der Waals surface area contributed by atoms with Crippen molar-refractivity contribution in [3.63, 3.8) is 0 Å². The van der Waals surface area contributed by atoms with Crippen molar-refractivity contribution in [1.82, 2.24) is 4.90 Å². The van der Waals surface area contributed by atoms with Crippen molar-refractivity contribution >= 4 is 46.6 Å². The predicted molar refractivity (Wildman–Crippen MR) is 115 cm³/mol. The number of benzene rings is 2. The minimum atomic E-state index is -0.916. The fourth-order valence-electron chi connectivity index (χ4n) is 3.48. The normalized spacial score (nSPS) is 14.2. The van der Waals surface area contributed by atoms with Crippen LogP contribution in [0.2, 0.25) is 10.0 Å². The highest BCUT2D eigenvalue weighted by Crippen LogP contribution is 2.33. The average Bonchev–Trinajstić information content (AvgIpc) is 2.89. The van der Waals surface area contributed by atoms with E-state index >= 15 is 0 Å². The second kappa shape index (κ2) is 8.56. The van der Waals surface area contributed by atoms with E-state index in [1.807, 2.05) is 39.0 Å². The van der Waals surface area contributed by atoms with Gasteiger partial charge >= 0.3 is 0 Å². The quantitative estimate of drug-likeness (QED) is 0.620. The fourth-order valence-corrected chi connectivity index (χ4v) is 3.81. The Morgan fingerprint density at radius 3 is 2.14 bits per heavy atom. The highest BCUT2D eigenvalue weighted by molar-refractivity contribution is 6.43. The minimum Gasteiger partial charge on any atom is -0.324 e. The van der Waals surface area contributed by atoms with Gasteiger partial charge in [0.1, 0.15) is 6.04 Å². The molecule has 29 heavy (non-hydrogen) atoms. The maximum Gasteiger partial charge on any atom is 0.262 e. The Balaban J connectivity index is 1.93. The molecule has 3 rings (SSSR count). The monoisotopic (exact) mass is 432 g/mol. The number of rotatable bonds is 6. The first kappa shape index (κ1) is 21.3. The number of hydrogen-bond acceptors (Lipinski definition) is 3. The summed E-state index contributed by atoms with van der Waals surface area (Å²) in [7, 11) is 0. The molecule has 0 radical (unpaired) electrons. The number of amides is 3. The molecule has 0 saturated carbocycles. The third-order valence-electron chi connectivity index (χ3n) is 5.04. The maximum absolute atomic E-state index is 13.1. The molecule has 0 spiro atoms. The third-order valence-corrected chi connectivity index (χ3v) is 5.77. The van der Waals surface area contributed by atoms with E-state index in [4.69, 9.17) is 23.2 Å². The summed E-state index contributed by atoms with van der Waals surface area (Å²) in [5.41, 5.74) is 2.99. The largest absolute Gasteiger partial charge is 0.324 e. The van der Waals surface area contributed by atoms with Gasteiger partial charge in [0.15, 0.2) is 0 Å². The molecule has 0 saturated heterocycles. The molecule has 1 unspecified atom stereocenters. The maximum atomic E-state index is 13.1. The molecular weight excluding hydrogens is 411 g/mol. The van der Waals surface area contributed by atoms with Gasteiger partial charge in [-0.15, -0.1) is 0 Å². The summed E-state index contributed by atoms with van der Waals surface area (Å²) in [4.78, 5) is 40.1. The summed E-state index contributed by atoms with van der Waals surface area (Å²) < 4.78 is 0. The molecule has 2 aromatic carbocycles. The summed E-state index contributed by atoms with van der Waals surface area (Å²) in [5.74, 6) is -1.45. The van der Waals surface area contributed by atoms with E-state index in [2.05, 4.69) is 5.32 Å². The van der Waals surface area contributed by atoms with E-state index in [0.29, 0.717) is 18.5 Å². The number of unbranched alkanes of at least 4 members (excludes halogenated alkanes) is 1. The van der Waals surface area contributed by atoms with Crippen molar-refractivity contribution in [3.05, 3.63) is 62.6 Å². The lowest BCUT2D eigenvalue weighted by Crippen LogP contribution is -2.47. The number of nitrogens with one attached hydrogen (secondary N) is 1. The first-order valence-electron chi connectivity index (χ1n) is 9.49. The number of imide groups is 1. The molecule has 2 aromatic rings. The smallest absolute Gasteiger partial charge is 0.262 e. The molecule has 7 heteroatoms. The molecule has 0 fully saturated rings.